The number of benzene rings is 1. The third-order valence-corrected chi connectivity index (χ3v) is 2.83. The molecule has 1 amide bonds. The summed E-state index contributed by atoms with van der Waals surface area (Å²) in [6, 6.07) is 3.96. The molecule has 0 aliphatic heterocycles. The van der Waals surface area contributed by atoms with E-state index in [2.05, 4.69) is 20.5 Å². The smallest absolute Gasteiger partial charge is 0.251 e. The molecule has 1 aromatic heterocycles. The van der Waals surface area contributed by atoms with Crippen LogP contribution in [0.5, 0.6) is 0 Å². The monoisotopic (exact) mass is 282 g/mol. The van der Waals surface area contributed by atoms with Gasteiger partial charge in [-0.25, -0.2) is 9.37 Å². The van der Waals surface area contributed by atoms with E-state index >= 15 is 0 Å². The van der Waals surface area contributed by atoms with Crippen molar-refractivity contribution in [3.63, 3.8) is 0 Å². The Morgan fingerprint density at radius 1 is 1.47 bits per heavy atom. The lowest BCUT2D eigenvalue weighted by molar-refractivity contribution is 0.0952. The van der Waals surface area contributed by atoms with Crippen molar-refractivity contribution in [1.82, 2.24) is 20.5 Å². The van der Waals surface area contributed by atoms with Gasteiger partial charge in [-0.1, -0.05) is 11.6 Å². The van der Waals surface area contributed by atoms with Crippen LogP contribution in [-0.4, -0.2) is 27.6 Å². The first-order chi connectivity index (χ1) is 9.16. The van der Waals surface area contributed by atoms with Gasteiger partial charge in [-0.05, 0) is 24.6 Å². The Kier molecular flexibility index (Phi) is 4.46. The standard InChI is InChI=1S/C12H12ClFN4O/c13-9-4-3-8(6-10(9)14)12(19)15-5-1-2-11-16-7-17-18-11/h3-4,6-7H,1-2,5H2,(H,15,19)(H,16,17,18). The number of carbonyl (C=O) groups excluding carboxylic acids is 1. The molecule has 2 aromatic rings. The van der Waals surface area contributed by atoms with Gasteiger partial charge in [0.05, 0.1) is 5.02 Å². The van der Waals surface area contributed by atoms with Gasteiger partial charge < -0.3 is 5.32 Å². The van der Waals surface area contributed by atoms with E-state index < -0.39 is 5.82 Å². The molecule has 100 valence electrons. The number of carbonyl (C=O) groups is 1. The topological polar surface area (TPSA) is 70.7 Å². The maximum Gasteiger partial charge on any atom is 0.251 e. The molecule has 0 aliphatic carbocycles. The molecule has 0 saturated heterocycles. The van der Waals surface area contributed by atoms with Crippen molar-refractivity contribution in [3.8, 4) is 0 Å². The van der Waals surface area contributed by atoms with Crippen molar-refractivity contribution in [2.24, 2.45) is 0 Å². The van der Waals surface area contributed by atoms with Gasteiger partial charge in [0, 0.05) is 18.5 Å². The zero-order valence-corrected chi connectivity index (χ0v) is 10.7. The van der Waals surface area contributed by atoms with Gasteiger partial charge >= 0.3 is 0 Å². The number of aromatic nitrogens is 3. The lowest BCUT2D eigenvalue weighted by Crippen LogP contribution is -2.24. The van der Waals surface area contributed by atoms with E-state index in [1.165, 1.54) is 18.5 Å². The summed E-state index contributed by atoms with van der Waals surface area (Å²) >= 11 is 5.55. The van der Waals surface area contributed by atoms with Crippen LogP contribution in [0.15, 0.2) is 24.5 Å². The molecule has 0 fully saturated rings. The third kappa shape index (κ3) is 3.75. The number of nitrogens with one attached hydrogen (secondary N) is 2. The van der Waals surface area contributed by atoms with Gasteiger partial charge in [0.1, 0.15) is 18.0 Å². The molecule has 0 radical (unpaired) electrons. The summed E-state index contributed by atoms with van der Waals surface area (Å²) in [4.78, 5) is 15.7. The van der Waals surface area contributed by atoms with Crippen LogP contribution in [0.4, 0.5) is 4.39 Å². The zero-order valence-electron chi connectivity index (χ0n) is 9.99. The lowest BCUT2D eigenvalue weighted by atomic mass is 10.2. The minimum Gasteiger partial charge on any atom is -0.352 e. The highest BCUT2D eigenvalue weighted by Gasteiger charge is 2.08. The molecular formula is C12H12ClFN4O. The molecule has 0 saturated carbocycles. The Labute approximate surface area is 114 Å². The molecule has 0 atom stereocenters. The van der Waals surface area contributed by atoms with Crippen molar-refractivity contribution in [2.45, 2.75) is 12.8 Å². The van der Waals surface area contributed by atoms with E-state index in [4.69, 9.17) is 11.6 Å². The van der Waals surface area contributed by atoms with E-state index in [-0.39, 0.29) is 16.5 Å². The number of hydrogen-bond acceptors (Lipinski definition) is 3. The van der Waals surface area contributed by atoms with E-state index in [1.54, 1.807) is 0 Å². The molecule has 0 bridgehead atoms. The average molecular weight is 283 g/mol. The number of nitrogens with zero attached hydrogens (tertiary/aromatic N) is 2. The molecule has 1 aromatic carbocycles. The molecular weight excluding hydrogens is 271 g/mol. The summed E-state index contributed by atoms with van der Waals surface area (Å²) in [6.45, 7) is 0.476. The van der Waals surface area contributed by atoms with Gasteiger partial charge in [-0.15, -0.1) is 0 Å². The van der Waals surface area contributed by atoms with Crippen LogP contribution in [0.1, 0.15) is 22.6 Å². The Morgan fingerprint density at radius 3 is 3.00 bits per heavy atom. The highest BCUT2D eigenvalue weighted by molar-refractivity contribution is 6.30. The normalized spacial score (nSPS) is 10.4. The predicted octanol–water partition coefficient (Wildman–Crippen LogP) is 1.96. The van der Waals surface area contributed by atoms with Crippen molar-refractivity contribution < 1.29 is 9.18 Å². The van der Waals surface area contributed by atoms with Crippen molar-refractivity contribution >= 4 is 17.5 Å². The molecule has 5 nitrogen and oxygen atoms in total. The molecule has 0 spiro atoms. The van der Waals surface area contributed by atoms with Gasteiger partial charge in [0.15, 0.2) is 0 Å². The molecule has 0 aliphatic rings. The van der Waals surface area contributed by atoms with Gasteiger partial charge in [0.25, 0.3) is 5.91 Å². The first-order valence-electron chi connectivity index (χ1n) is 5.74. The summed E-state index contributed by atoms with van der Waals surface area (Å²) < 4.78 is 13.2. The van der Waals surface area contributed by atoms with E-state index in [0.29, 0.717) is 13.0 Å². The van der Waals surface area contributed by atoms with Crippen molar-refractivity contribution in [2.75, 3.05) is 6.54 Å². The highest BCUT2D eigenvalue weighted by atomic mass is 35.5. The van der Waals surface area contributed by atoms with Crippen LogP contribution in [0, 0.1) is 5.82 Å². The fourth-order valence-corrected chi connectivity index (χ4v) is 1.67. The largest absolute Gasteiger partial charge is 0.352 e. The number of hydrogen-bond donors (Lipinski definition) is 2. The summed E-state index contributed by atoms with van der Waals surface area (Å²) in [7, 11) is 0. The molecule has 2 rings (SSSR count). The number of amides is 1. The predicted molar refractivity (Wildman–Crippen MR) is 68.4 cm³/mol. The number of H-pyrrole nitrogens is 1. The minimum atomic E-state index is -0.601. The van der Waals surface area contributed by atoms with Crippen LogP contribution in [0.3, 0.4) is 0 Å². The van der Waals surface area contributed by atoms with Crippen molar-refractivity contribution in [3.05, 3.63) is 46.8 Å². The van der Waals surface area contributed by atoms with E-state index in [9.17, 15) is 9.18 Å². The van der Waals surface area contributed by atoms with Crippen molar-refractivity contribution in [1.29, 1.82) is 0 Å². The summed E-state index contributed by atoms with van der Waals surface area (Å²) in [6.07, 6.45) is 2.84. The third-order valence-electron chi connectivity index (χ3n) is 2.52. The Bertz CT molecular complexity index is 559. The Hall–Kier alpha value is -1.95. The number of rotatable bonds is 5. The number of aryl methyl sites for hydroxylation is 1. The molecule has 1 heterocycles. The van der Waals surface area contributed by atoms with E-state index in [1.807, 2.05) is 0 Å². The fraction of sp³-hybridized carbons (Fsp3) is 0.250. The number of halogens is 2. The Morgan fingerprint density at radius 2 is 2.32 bits per heavy atom. The second kappa shape index (κ2) is 6.29. The fourth-order valence-electron chi connectivity index (χ4n) is 1.55. The van der Waals surface area contributed by atoms with Gasteiger partial charge in [-0.3, -0.25) is 9.89 Å². The molecule has 19 heavy (non-hydrogen) atoms. The van der Waals surface area contributed by atoms with Crippen LogP contribution in [-0.2, 0) is 6.42 Å². The van der Waals surface area contributed by atoms with Crippen LogP contribution < -0.4 is 5.32 Å². The van der Waals surface area contributed by atoms with E-state index in [0.717, 1.165) is 18.3 Å². The first-order valence-corrected chi connectivity index (χ1v) is 6.12. The van der Waals surface area contributed by atoms with Gasteiger partial charge in [0.2, 0.25) is 0 Å². The zero-order chi connectivity index (χ0) is 13.7. The Balaban J connectivity index is 1.79. The van der Waals surface area contributed by atoms with Crippen LogP contribution in [0.25, 0.3) is 0 Å². The van der Waals surface area contributed by atoms with Gasteiger partial charge in [-0.2, -0.15) is 5.10 Å². The second-order valence-corrected chi connectivity index (χ2v) is 4.33. The first kappa shape index (κ1) is 13.5. The molecule has 2 N–H and O–H groups in total. The maximum absolute atomic E-state index is 13.2. The summed E-state index contributed by atoms with van der Waals surface area (Å²) in [5.74, 6) is -0.157. The second-order valence-electron chi connectivity index (χ2n) is 3.92. The number of aromatic amines is 1. The maximum atomic E-state index is 13.2. The molecule has 0 unspecified atom stereocenters. The summed E-state index contributed by atoms with van der Waals surface area (Å²) in [5.41, 5.74) is 0.251. The lowest BCUT2D eigenvalue weighted by Gasteiger charge is -2.05. The SMILES string of the molecule is O=C(NCCCc1ncn[nH]1)c1ccc(Cl)c(F)c1. The highest BCUT2D eigenvalue weighted by Crippen LogP contribution is 2.15. The molecule has 7 heteroatoms. The average Bonchev–Trinajstić information content (AvgIpc) is 2.91. The quantitative estimate of drug-likeness (QED) is 0.824. The van der Waals surface area contributed by atoms with Crippen LogP contribution >= 0.6 is 11.6 Å². The van der Waals surface area contributed by atoms with Crippen LogP contribution in [0.2, 0.25) is 5.02 Å². The minimum absolute atomic E-state index is 0.00173. The summed E-state index contributed by atoms with van der Waals surface area (Å²) in [5, 5.41) is 9.16.